The first-order valence-corrected chi connectivity index (χ1v) is 9.07. The van der Waals surface area contributed by atoms with Gasteiger partial charge in [-0.15, -0.1) is 0 Å². The zero-order valence-corrected chi connectivity index (χ0v) is 15.4. The quantitative estimate of drug-likeness (QED) is 0.657. The van der Waals surface area contributed by atoms with Crippen molar-refractivity contribution in [1.82, 2.24) is 4.90 Å². The zero-order chi connectivity index (χ0) is 20.2. The predicted octanol–water partition coefficient (Wildman–Crippen LogP) is 2.96. The number of carbonyl (C=O) groups excluding carboxylic acids is 1. The second-order valence-corrected chi connectivity index (χ2v) is 6.42. The summed E-state index contributed by atoms with van der Waals surface area (Å²) in [4.78, 5) is 26.5. The fourth-order valence-corrected chi connectivity index (χ4v) is 2.93. The van der Waals surface area contributed by atoms with Crippen molar-refractivity contribution in [2.45, 2.75) is 0 Å². The lowest BCUT2D eigenvalue weighted by Crippen LogP contribution is -2.42. The Balaban J connectivity index is 1.47. The number of amides is 1. The van der Waals surface area contributed by atoms with Crippen LogP contribution >= 0.6 is 0 Å². The average Bonchev–Trinajstić information content (AvgIpc) is 2.76. The van der Waals surface area contributed by atoms with Gasteiger partial charge in [0.05, 0.1) is 18.6 Å². The van der Waals surface area contributed by atoms with Gasteiger partial charge in [-0.3, -0.25) is 9.59 Å². The van der Waals surface area contributed by atoms with Crippen LogP contribution in [0.5, 0.6) is 17.2 Å². The maximum Gasteiger partial charge on any atom is 0.260 e. The van der Waals surface area contributed by atoms with Crippen molar-refractivity contribution in [3.05, 3.63) is 64.8 Å². The van der Waals surface area contributed by atoms with Crippen LogP contribution in [0.15, 0.2) is 57.9 Å². The van der Waals surface area contributed by atoms with Crippen LogP contribution in [0.1, 0.15) is 0 Å². The summed E-state index contributed by atoms with van der Waals surface area (Å²) in [5.74, 6) is 0.190. The summed E-state index contributed by atoms with van der Waals surface area (Å²) >= 11 is 0. The van der Waals surface area contributed by atoms with Gasteiger partial charge in [-0.1, -0.05) is 0 Å². The maximum absolute atomic E-state index is 13.0. The number of hydrogen-bond donors (Lipinski definition) is 0. The van der Waals surface area contributed by atoms with E-state index in [-0.39, 0.29) is 23.7 Å². The van der Waals surface area contributed by atoms with Gasteiger partial charge in [-0.25, -0.2) is 4.39 Å². The Labute approximate surface area is 165 Å². The molecule has 0 bridgehead atoms. The Morgan fingerprint density at radius 1 is 1.07 bits per heavy atom. The Kier molecular flexibility index (Phi) is 5.44. The molecule has 0 unspecified atom stereocenters. The summed E-state index contributed by atoms with van der Waals surface area (Å²) in [5.41, 5.74) is -0.0655. The molecule has 3 aromatic rings. The van der Waals surface area contributed by atoms with Crippen LogP contribution in [-0.2, 0) is 9.53 Å². The molecule has 0 N–H and O–H groups in total. The van der Waals surface area contributed by atoms with Gasteiger partial charge in [-0.2, -0.15) is 0 Å². The van der Waals surface area contributed by atoms with Crippen LogP contribution in [-0.4, -0.2) is 43.7 Å². The summed E-state index contributed by atoms with van der Waals surface area (Å²) in [6.45, 7) is 2.03. The molecular weight excluding hydrogens is 381 g/mol. The summed E-state index contributed by atoms with van der Waals surface area (Å²) in [6, 6.07) is 9.99. The van der Waals surface area contributed by atoms with Crippen LogP contribution in [0.2, 0.25) is 0 Å². The van der Waals surface area contributed by atoms with Crippen molar-refractivity contribution in [2.75, 3.05) is 32.9 Å². The van der Waals surface area contributed by atoms with Gasteiger partial charge in [0.1, 0.15) is 29.2 Å². The Bertz CT molecular complexity index is 1070. The number of fused-ring (bicyclic) bond motifs is 1. The SMILES string of the molecule is O=C(COc1ccc2c(=O)c(Oc3ccc(F)cc3)coc2c1)N1CCOCC1. The van der Waals surface area contributed by atoms with Gasteiger partial charge < -0.3 is 23.5 Å². The van der Waals surface area contributed by atoms with Crippen molar-refractivity contribution < 1.29 is 27.8 Å². The van der Waals surface area contributed by atoms with E-state index in [2.05, 4.69) is 0 Å². The van der Waals surface area contributed by atoms with Crippen molar-refractivity contribution in [3.8, 4) is 17.2 Å². The number of carbonyl (C=O) groups is 1. The molecule has 1 saturated heterocycles. The lowest BCUT2D eigenvalue weighted by Gasteiger charge is -2.26. The van der Waals surface area contributed by atoms with Gasteiger partial charge in [0, 0.05) is 19.2 Å². The highest BCUT2D eigenvalue weighted by Gasteiger charge is 2.17. The number of ether oxygens (including phenoxy) is 3. The first-order chi connectivity index (χ1) is 14.1. The third kappa shape index (κ3) is 4.38. The molecule has 1 aromatic heterocycles. The number of halogens is 1. The molecule has 0 saturated carbocycles. The monoisotopic (exact) mass is 399 g/mol. The average molecular weight is 399 g/mol. The Morgan fingerprint density at radius 3 is 2.55 bits per heavy atom. The van der Waals surface area contributed by atoms with E-state index in [0.717, 1.165) is 0 Å². The molecule has 150 valence electrons. The molecule has 7 nitrogen and oxygen atoms in total. The molecule has 4 rings (SSSR count). The number of hydrogen-bond acceptors (Lipinski definition) is 6. The second-order valence-electron chi connectivity index (χ2n) is 6.42. The van der Waals surface area contributed by atoms with Gasteiger partial charge in [0.2, 0.25) is 11.2 Å². The lowest BCUT2D eigenvalue weighted by molar-refractivity contribution is -0.137. The van der Waals surface area contributed by atoms with Crippen molar-refractivity contribution in [1.29, 1.82) is 0 Å². The summed E-state index contributed by atoms with van der Waals surface area (Å²) in [5, 5.41) is 0.302. The molecule has 8 heteroatoms. The molecular formula is C21H18FNO6. The summed E-state index contributed by atoms with van der Waals surface area (Å²) < 4.78 is 34.7. The van der Waals surface area contributed by atoms with Gasteiger partial charge in [0.25, 0.3) is 5.91 Å². The van der Waals surface area contributed by atoms with E-state index in [1.54, 1.807) is 23.1 Å². The van der Waals surface area contributed by atoms with Gasteiger partial charge in [-0.05, 0) is 36.4 Å². The topological polar surface area (TPSA) is 78.2 Å². The molecule has 0 aliphatic carbocycles. The van der Waals surface area contributed by atoms with E-state index in [1.165, 1.54) is 30.5 Å². The minimum Gasteiger partial charge on any atom is -0.484 e. The number of morpholine rings is 1. The molecule has 2 aromatic carbocycles. The predicted molar refractivity (Wildman–Crippen MR) is 102 cm³/mol. The maximum atomic E-state index is 13.0. The molecule has 0 spiro atoms. The number of nitrogens with zero attached hydrogens (tertiary/aromatic N) is 1. The van der Waals surface area contributed by atoms with Gasteiger partial charge >= 0.3 is 0 Å². The molecule has 1 fully saturated rings. The van der Waals surface area contributed by atoms with Crippen molar-refractivity contribution >= 4 is 16.9 Å². The van der Waals surface area contributed by atoms with E-state index in [1.807, 2.05) is 0 Å². The van der Waals surface area contributed by atoms with E-state index in [9.17, 15) is 14.0 Å². The fraction of sp³-hybridized carbons (Fsp3) is 0.238. The highest BCUT2D eigenvalue weighted by atomic mass is 19.1. The number of rotatable bonds is 5. The largest absolute Gasteiger partial charge is 0.484 e. The van der Waals surface area contributed by atoms with E-state index >= 15 is 0 Å². The van der Waals surface area contributed by atoms with E-state index in [0.29, 0.717) is 48.8 Å². The van der Waals surface area contributed by atoms with Gasteiger partial charge in [0.15, 0.2) is 6.61 Å². The Morgan fingerprint density at radius 2 is 1.79 bits per heavy atom. The molecule has 1 aliphatic heterocycles. The fourth-order valence-electron chi connectivity index (χ4n) is 2.93. The normalized spacial score (nSPS) is 14.0. The van der Waals surface area contributed by atoms with Crippen LogP contribution in [0.4, 0.5) is 4.39 Å². The molecule has 29 heavy (non-hydrogen) atoms. The molecule has 0 atom stereocenters. The second kappa shape index (κ2) is 8.32. The van der Waals surface area contributed by atoms with Crippen LogP contribution in [0, 0.1) is 5.82 Å². The molecule has 2 heterocycles. The summed E-state index contributed by atoms with van der Waals surface area (Å²) in [6.07, 6.45) is 1.19. The molecule has 0 radical (unpaired) electrons. The van der Waals surface area contributed by atoms with Crippen molar-refractivity contribution in [2.24, 2.45) is 0 Å². The third-order valence-electron chi connectivity index (χ3n) is 4.48. The lowest BCUT2D eigenvalue weighted by atomic mass is 10.2. The number of benzene rings is 2. The Hall–Kier alpha value is -3.39. The third-order valence-corrected chi connectivity index (χ3v) is 4.48. The first-order valence-electron chi connectivity index (χ1n) is 9.07. The standard InChI is InChI=1S/C21H18FNO6/c22-14-1-3-15(4-2-14)29-19-12-28-18-11-16(5-6-17(18)21(19)25)27-13-20(24)23-7-9-26-10-8-23/h1-6,11-12H,7-10,13H2. The minimum absolute atomic E-state index is 0.0136. The smallest absolute Gasteiger partial charge is 0.260 e. The van der Waals surface area contributed by atoms with E-state index in [4.69, 9.17) is 18.6 Å². The molecule has 1 aliphatic rings. The highest BCUT2D eigenvalue weighted by Crippen LogP contribution is 2.24. The van der Waals surface area contributed by atoms with Crippen molar-refractivity contribution in [3.63, 3.8) is 0 Å². The minimum atomic E-state index is -0.400. The van der Waals surface area contributed by atoms with Crippen LogP contribution in [0.3, 0.4) is 0 Å². The van der Waals surface area contributed by atoms with Crippen LogP contribution < -0.4 is 14.9 Å². The zero-order valence-electron chi connectivity index (χ0n) is 15.4. The first kappa shape index (κ1) is 18.9. The van der Waals surface area contributed by atoms with Crippen LogP contribution in [0.25, 0.3) is 11.0 Å². The van der Waals surface area contributed by atoms with E-state index < -0.39 is 5.82 Å². The summed E-state index contributed by atoms with van der Waals surface area (Å²) in [7, 11) is 0. The molecule has 1 amide bonds. The highest BCUT2D eigenvalue weighted by molar-refractivity contribution is 5.80.